The van der Waals surface area contributed by atoms with Gasteiger partial charge in [0.2, 0.25) is 0 Å². The van der Waals surface area contributed by atoms with Crippen LogP contribution in [-0.4, -0.2) is 31.2 Å². The number of carboxylic acids is 1. The molecule has 0 spiro atoms. The molecule has 1 aromatic rings. The second-order valence-electron chi connectivity index (χ2n) is 9.19. The van der Waals surface area contributed by atoms with Gasteiger partial charge in [-0.3, -0.25) is 4.79 Å². The van der Waals surface area contributed by atoms with Gasteiger partial charge in [-0.2, -0.15) is 0 Å². The minimum Gasteiger partial charge on any atom is -0.481 e. The van der Waals surface area contributed by atoms with E-state index in [1.807, 2.05) is 13.1 Å². The molecule has 1 aromatic carbocycles. The molecule has 0 bridgehead atoms. The normalized spacial score (nSPS) is 14.5. The van der Waals surface area contributed by atoms with Crippen LogP contribution < -0.4 is 11.1 Å². The van der Waals surface area contributed by atoms with Crippen molar-refractivity contribution < 1.29 is 9.90 Å². The zero-order valence-corrected chi connectivity index (χ0v) is 20.6. The van der Waals surface area contributed by atoms with Gasteiger partial charge in [-0.1, -0.05) is 68.7 Å². The average molecular weight is 445 g/mol. The van der Waals surface area contributed by atoms with E-state index in [0.717, 1.165) is 45.1 Å². The number of carboxylic acid groups (broad SMARTS) is 1. The molecular formula is C28H48N2O2. The summed E-state index contributed by atoms with van der Waals surface area (Å²) in [4.78, 5) is 11.7. The zero-order chi connectivity index (χ0) is 23.4. The number of hydrogen-bond acceptors (Lipinski definition) is 3. The van der Waals surface area contributed by atoms with Crippen molar-refractivity contribution in [3.8, 4) is 0 Å². The summed E-state index contributed by atoms with van der Waals surface area (Å²) >= 11 is 0. The van der Waals surface area contributed by atoms with Crippen molar-refractivity contribution in [3.05, 3.63) is 48.0 Å². The summed E-state index contributed by atoms with van der Waals surface area (Å²) in [7, 11) is 2.00. The lowest BCUT2D eigenvalue weighted by Crippen LogP contribution is -2.34. The Morgan fingerprint density at radius 1 is 1.00 bits per heavy atom. The summed E-state index contributed by atoms with van der Waals surface area (Å²) in [5.74, 6) is 0.259. The van der Waals surface area contributed by atoms with Crippen LogP contribution in [0.1, 0.15) is 83.1 Å². The number of benzene rings is 1. The van der Waals surface area contributed by atoms with Crippen LogP contribution in [-0.2, 0) is 11.2 Å². The van der Waals surface area contributed by atoms with Crippen LogP contribution in [0.2, 0.25) is 0 Å². The number of hydrogen-bond donors (Lipinski definition) is 3. The summed E-state index contributed by atoms with van der Waals surface area (Å²) in [6, 6.07) is 10.4. The molecule has 182 valence electrons. The van der Waals surface area contributed by atoms with Gasteiger partial charge in [-0.25, -0.2) is 0 Å². The van der Waals surface area contributed by atoms with E-state index in [-0.39, 0.29) is 12.3 Å². The number of unbranched alkanes of at least 4 members (excludes halogenated alkanes) is 5. The van der Waals surface area contributed by atoms with Crippen molar-refractivity contribution in [1.82, 2.24) is 5.32 Å². The molecule has 4 heteroatoms. The highest BCUT2D eigenvalue weighted by Crippen LogP contribution is 2.33. The van der Waals surface area contributed by atoms with Crippen LogP contribution in [0.25, 0.3) is 0 Å². The Hall–Kier alpha value is -1.65. The van der Waals surface area contributed by atoms with Crippen molar-refractivity contribution in [1.29, 1.82) is 0 Å². The van der Waals surface area contributed by atoms with Gasteiger partial charge >= 0.3 is 5.97 Å². The first-order valence-corrected chi connectivity index (χ1v) is 12.9. The molecule has 0 aromatic heterocycles. The minimum atomic E-state index is -0.695. The lowest BCUT2D eigenvalue weighted by atomic mass is 9.73. The Balaban J connectivity index is 2.68. The second-order valence-corrected chi connectivity index (χ2v) is 9.19. The van der Waals surface area contributed by atoms with Gasteiger partial charge in [0.15, 0.2) is 0 Å². The zero-order valence-electron chi connectivity index (χ0n) is 20.6. The molecule has 0 radical (unpaired) electrons. The van der Waals surface area contributed by atoms with E-state index >= 15 is 0 Å². The van der Waals surface area contributed by atoms with E-state index in [1.54, 1.807) is 0 Å². The van der Waals surface area contributed by atoms with Crippen molar-refractivity contribution >= 4 is 5.97 Å². The molecule has 0 aliphatic rings. The van der Waals surface area contributed by atoms with E-state index in [4.69, 9.17) is 5.73 Å². The number of nitrogens with one attached hydrogen (secondary N) is 1. The van der Waals surface area contributed by atoms with E-state index in [0.29, 0.717) is 18.4 Å². The monoisotopic (exact) mass is 444 g/mol. The Morgan fingerprint density at radius 2 is 1.72 bits per heavy atom. The lowest BCUT2D eigenvalue weighted by Gasteiger charge is -2.33. The maximum absolute atomic E-state index is 11.7. The highest BCUT2D eigenvalue weighted by Gasteiger charge is 2.29. The molecule has 32 heavy (non-hydrogen) atoms. The maximum atomic E-state index is 11.7. The quantitative estimate of drug-likeness (QED) is 0.165. The fraction of sp³-hybridized carbons (Fsp3) is 0.679. The first kappa shape index (κ1) is 28.4. The number of nitrogens with two attached hydrogens (primary N) is 1. The van der Waals surface area contributed by atoms with Crippen LogP contribution >= 0.6 is 0 Å². The molecule has 1 rings (SSSR count). The first-order valence-electron chi connectivity index (χ1n) is 12.9. The molecule has 0 saturated heterocycles. The molecule has 4 nitrogen and oxygen atoms in total. The first-order chi connectivity index (χ1) is 15.6. The molecule has 4 N–H and O–H groups in total. The summed E-state index contributed by atoms with van der Waals surface area (Å²) < 4.78 is 0. The number of carbonyl (C=O) groups is 1. The Labute approximate surface area is 197 Å². The standard InChI is InChI=1S/C28H48N2O2/c1-3-4-5-6-7-8-9-10-14-17-26(23-30-2)27(20-21-29)25(22-28(31)32)19-18-24-15-12-11-13-16-24/h8-9,11-13,15-16,25-27,30H,3-7,10,14,17-23,29H2,1-2H3,(H,31,32)/t25-,26-,27-/m1/s1. The van der Waals surface area contributed by atoms with E-state index < -0.39 is 5.97 Å². The minimum absolute atomic E-state index is 0.156. The summed E-state index contributed by atoms with van der Waals surface area (Å²) in [6.45, 7) is 3.79. The third-order valence-corrected chi connectivity index (χ3v) is 6.60. The SMILES string of the molecule is CCCCCCC=CCCC[C@H](CNC)[C@H](CCN)[C@H](CCc1ccccc1)CC(=O)O. The molecule has 0 heterocycles. The molecule has 0 saturated carbocycles. The van der Waals surface area contributed by atoms with Crippen LogP contribution in [0.15, 0.2) is 42.5 Å². The van der Waals surface area contributed by atoms with E-state index in [2.05, 4.69) is 48.7 Å². The largest absolute Gasteiger partial charge is 0.481 e. The van der Waals surface area contributed by atoms with Gasteiger partial charge in [0.25, 0.3) is 0 Å². The topological polar surface area (TPSA) is 75.3 Å². The molecule has 0 amide bonds. The Kier molecular flexibility index (Phi) is 16.7. The molecular weight excluding hydrogens is 396 g/mol. The third kappa shape index (κ3) is 13.0. The van der Waals surface area contributed by atoms with Gasteiger partial charge in [-0.05, 0) is 94.8 Å². The lowest BCUT2D eigenvalue weighted by molar-refractivity contribution is -0.138. The summed E-state index contributed by atoms with van der Waals surface area (Å²) in [6.07, 6.45) is 17.4. The fourth-order valence-corrected chi connectivity index (χ4v) is 4.89. The predicted octanol–water partition coefficient (Wildman–Crippen LogP) is 6.21. The second kappa shape index (κ2) is 18.9. The van der Waals surface area contributed by atoms with Gasteiger partial charge in [0.05, 0.1) is 0 Å². The van der Waals surface area contributed by atoms with Crippen molar-refractivity contribution in [2.75, 3.05) is 20.1 Å². The molecule has 3 atom stereocenters. The fourth-order valence-electron chi connectivity index (χ4n) is 4.89. The van der Waals surface area contributed by atoms with Gasteiger partial charge in [-0.15, -0.1) is 0 Å². The highest BCUT2D eigenvalue weighted by atomic mass is 16.4. The number of aliphatic carboxylic acids is 1. The maximum Gasteiger partial charge on any atom is 0.303 e. The predicted molar refractivity (Wildman–Crippen MR) is 137 cm³/mol. The van der Waals surface area contributed by atoms with E-state index in [9.17, 15) is 9.90 Å². The van der Waals surface area contributed by atoms with Crippen LogP contribution in [0, 0.1) is 17.8 Å². The van der Waals surface area contributed by atoms with Crippen molar-refractivity contribution in [2.24, 2.45) is 23.5 Å². The third-order valence-electron chi connectivity index (χ3n) is 6.60. The van der Waals surface area contributed by atoms with Gasteiger partial charge in [0, 0.05) is 6.42 Å². The Morgan fingerprint density at radius 3 is 2.34 bits per heavy atom. The van der Waals surface area contributed by atoms with Gasteiger partial charge in [0.1, 0.15) is 0 Å². The molecule has 0 aliphatic heterocycles. The number of aryl methyl sites for hydroxylation is 1. The molecule has 0 aliphatic carbocycles. The molecule has 0 fully saturated rings. The van der Waals surface area contributed by atoms with Gasteiger partial charge < -0.3 is 16.2 Å². The Bertz CT molecular complexity index is 603. The van der Waals surface area contributed by atoms with Crippen LogP contribution in [0.5, 0.6) is 0 Å². The summed E-state index contributed by atoms with van der Waals surface area (Å²) in [5, 5.41) is 13.0. The van der Waals surface area contributed by atoms with Crippen LogP contribution in [0.3, 0.4) is 0 Å². The van der Waals surface area contributed by atoms with Crippen molar-refractivity contribution in [2.45, 2.75) is 84.0 Å². The number of rotatable bonds is 20. The highest BCUT2D eigenvalue weighted by molar-refractivity contribution is 5.67. The van der Waals surface area contributed by atoms with Crippen molar-refractivity contribution in [3.63, 3.8) is 0 Å². The molecule has 0 unspecified atom stereocenters. The average Bonchev–Trinajstić information content (AvgIpc) is 2.79. The number of allylic oxidation sites excluding steroid dienone is 2. The smallest absolute Gasteiger partial charge is 0.303 e. The van der Waals surface area contributed by atoms with E-state index in [1.165, 1.54) is 37.7 Å². The summed E-state index contributed by atoms with van der Waals surface area (Å²) in [5.41, 5.74) is 7.29. The van der Waals surface area contributed by atoms with Crippen LogP contribution in [0.4, 0.5) is 0 Å².